The van der Waals surface area contributed by atoms with Crippen LogP contribution in [0, 0.1) is 0 Å². The van der Waals surface area contributed by atoms with Crippen LogP contribution in [0.2, 0.25) is 0 Å². The first-order valence-corrected chi connectivity index (χ1v) is 9.19. The molecular formula is C22H24N4O3. The molecule has 0 radical (unpaired) electrons. The average molecular weight is 392 g/mol. The van der Waals surface area contributed by atoms with Gasteiger partial charge in [-0.2, -0.15) is 0 Å². The summed E-state index contributed by atoms with van der Waals surface area (Å²) in [7, 11) is 5.10. The summed E-state index contributed by atoms with van der Waals surface area (Å²) in [5.41, 5.74) is 3.07. The van der Waals surface area contributed by atoms with Crippen molar-refractivity contribution < 1.29 is 14.3 Å². The van der Waals surface area contributed by atoms with Gasteiger partial charge >= 0.3 is 0 Å². The molecule has 0 saturated carbocycles. The van der Waals surface area contributed by atoms with Crippen LogP contribution in [0.25, 0.3) is 0 Å². The number of amides is 1. The third-order valence-corrected chi connectivity index (χ3v) is 4.57. The zero-order chi connectivity index (χ0) is 20.6. The van der Waals surface area contributed by atoms with E-state index in [1.165, 1.54) is 5.56 Å². The number of methoxy groups -OCH3 is 2. The highest BCUT2D eigenvalue weighted by Crippen LogP contribution is 2.29. The molecule has 2 heterocycles. The van der Waals surface area contributed by atoms with Crippen molar-refractivity contribution in [1.82, 2.24) is 9.97 Å². The SMILES string of the molecule is COc1ccc(OC)c(NC(=O)c2cncc(N(C)CCc3ccncc3)c2)c1. The number of nitrogens with one attached hydrogen (secondary N) is 1. The van der Waals surface area contributed by atoms with Crippen LogP contribution in [0.15, 0.2) is 61.2 Å². The van der Waals surface area contributed by atoms with Crippen molar-refractivity contribution in [3.05, 3.63) is 72.3 Å². The molecule has 0 fully saturated rings. The molecule has 0 bridgehead atoms. The topological polar surface area (TPSA) is 76.6 Å². The Kier molecular flexibility index (Phi) is 6.63. The number of anilines is 2. The fraction of sp³-hybridized carbons (Fsp3) is 0.227. The highest BCUT2D eigenvalue weighted by molar-refractivity contribution is 6.05. The first-order valence-electron chi connectivity index (χ1n) is 9.19. The van der Waals surface area contributed by atoms with Crippen LogP contribution in [0.5, 0.6) is 11.5 Å². The summed E-state index contributed by atoms with van der Waals surface area (Å²) in [6.45, 7) is 0.792. The van der Waals surface area contributed by atoms with Crippen molar-refractivity contribution >= 4 is 17.3 Å². The van der Waals surface area contributed by atoms with Crippen molar-refractivity contribution in [2.45, 2.75) is 6.42 Å². The molecule has 0 atom stereocenters. The molecule has 0 aliphatic rings. The molecule has 1 N–H and O–H groups in total. The minimum atomic E-state index is -0.270. The number of likely N-dealkylation sites (N-methyl/N-ethyl adjacent to an activating group) is 1. The quantitative estimate of drug-likeness (QED) is 0.633. The van der Waals surface area contributed by atoms with Gasteiger partial charge in [-0.15, -0.1) is 0 Å². The van der Waals surface area contributed by atoms with Crippen LogP contribution in [0.3, 0.4) is 0 Å². The van der Waals surface area contributed by atoms with Crippen LogP contribution < -0.4 is 19.7 Å². The van der Waals surface area contributed by atoms with E-state index in [-0.39, 0.29) is 5.91 Å². The number of carbonyl (C=O) groups is 1. The largest absolute Gasteiger partial charge is 0.497 e. The lowest BCUT2D eigenvalue weighted by Crippen LogP contribution is -2.21. The van der Waals surface area contributed by atoms with E-state index in [2.05, 4.69) is 20.2 Å². The molecule has 0 unspecified atom stereocenters. The molecule has 0 aliphatic carbocycles. The Hall–Kier alpha value is -3.61. The molecule has 3 rings (SSSR count). The van der Waals surface area contributed by atoms with Gasteiger partial charge < -0.3 is 19.7 Å². The Morgan fingerprint density at radius 3 is 2.55 bits per heavy atom. The average Bonchev–Trinajstić information content (AvgIpc) is 2.78. The van der Waals surface area contributed by atoms with Crippen LogP contribution in [-0.4, -0.2) is 43.7 Å². The zero-order valence-corrected chi connectivity index (χ0v) is 16.8. The normalized spacial score (nSPS) is 10.3. The number of pyridine rings is 2. The summed E-state index contributed by atoms with van der Waals surface area (Å²) in [6, 6.07) is 11.1. The first kappa shape index (κ1) is 20.1. The Labute approximate surface area is 170 Å². The Bertz CT molecular complexity index is 963. The van der Waals surface area contributed by atoms with Gasteiger partial charge in [-0.25, -0.2) is 0 Å². The maximum absolute atomic E-state index is 12.8. The van der Waals surface area contributed by atoms with E-state index in [9.17, 15) is 4.79 Å². The molecule has 0 aliphatic heterocycles. The van der Waals surface area contributed by atoms with E-state index in [4.69, 9.17) is 9.47 Å². The molecule has 2 aromatic heterocycles. The number of benzene rings is 1. The van der Waals surface area contributed by atoms with Crippen molar-refractivity contribution in [2.75, 3.05) is 38.0 Å². The van der Waals surface area contributed by atoms with Crippen molar-refractivity contribution in [3.63, 3.8) is 0 Å². The Balaban J connectivity index is 1.71. The standard InChI is InChI=1S/C22H24N4O3/c1-26(11-8-16-6-9-23-10-7-16)18-12-17(14-24-15-18)22(27)25-20-13-19(28-2)4-5-21(20)29-3/h4-7,9-10,12-15H,8,11H2,1-3H3,(H,25,27). The van der Waals surface area contributed by atoms with E-state index in [0.717, 1.165) is 18.7 Å². The van der Waals surface area contributed by atoms with Crippen molar-refractivity contribution in [2.24, 2.45) is 0 Å². The van der Waals surface area contributed by atoms with E-state index < -0.39 is 0 Å². The molecule has 1 amide bonds. The summed E-state index contributed by atoms with van der Waals surface area (Å²) >= 11 is 0. The second-order valence-electron chi connectivity index (χ2n) is 6.48. The van der Waals surface area contributed by atoms with Crippen LogP contribution in [0.1, 0.15) is 15.9 Å². The van der Waals surface area contributed by atoms with Gasteiger partial charge in [-0.05, 0) is 42.3 Å². The second-order valence-corrected chi connectivity index (χ2v) is 6.48. The predicted molar refractivity (Wildman–Crippen MR) is 113 cm³/mol. The highest BCUT2D eigenvalue weighted by atomic mass is 16.5. The smallest absolute Gasteiger partial charge is 0.257 e. The third-order valence-electron chi connectivity index (χ3n) is 4.57. The minimum Gasteiger partial charge on any atom is -0.497 e. The number of hydrogen-bond donors (Lipinski definition) is 1. The fourth-order valence-electron chi connectivity index (χ4n) is 2.84. The first-order chi connectivity index (χ1) is 14.1. The number of carbonyl (C=O) groups excluding carboxylic acids is 1. The van der Waals surface area contributed by atoms with Gasteiger partial charge in [0.05, 0.1) is 37.4 Å². The molecule has 3 aromatic rings. The zero-order valence-electron chi connectivity index (χ0n) is 16.8. The van der Waals surface area contributed by atoms with Gasteiger partial charge in [-0.3, -0.25) is 14.8 Å². The lowest BCUT2D eigenvalue weighted by atomic mass is 10.2. The van der Waals surface area contributed by atoms with Gasteiger partial charge in [0.2, 0.25) is 0 Å². The molecular weight excluding hydrogens is 368 g/mol. The highest BCUT2D eigenvalue weighted by Gasteiger charge is 2.13. The monoisotopic (exact) mass is 392 g/mol. The van der Waals surface area contributed by atoms with Crippen LogP contribution >= 0.6 is 0 Å². The van der Waals surface area contributed by atoms with Crippen molar-refractivity contribution in [1.29, 1.82) is 0 Å². The Morgan fingerprint density at radius 2 is 1.83 bits per heavy atom. The van der Waals surface area contributed by atoms with E-state index in [0.29, 0.717) is 22.7 Å². The molecule has 0 spiro atoms. The molecule has 1 aromatic carbocycles. The van der Waals surface area contributed by atoms with Gasteiger partial charge in [0, 0.05) is 38.2 Å². The maximum atomic E-state index is 12.8. The van der Waals surface area contributed by atoms with E-state index in [1.54, 1.807) is 57.2 Å². The number of nitrogens with zero attached hydrogens (tertiary/aromatic N) is 3. The molecule has 7 nitrogen and oxygen atoms in total. The summed E-state index contributed by atoms with van der Waals surface area (Å²) < 4.78 is 10.5. The number of hydrogen-bond acceptors (Lipinski definition) is 6. The predicted octanol–water partition coefficient (Wildman–Crippen LogP) is 3.43. The summed E-state index contributed by atoms with van der Waals surface area (Å²) in [5, 5.41) is 2.87. The fourth-order valence-corrected chi connectivity index (χ4v) is 2.84. The van der Waals surface area contributed by atoms with Gasteiger partial charge in [0.1, 0.15) is 11.5 Å². The van der Waals surface area contributed by atoms with Gasteiger partial charge in [-0.1, -0.05) is 0 Å². The maximum Gasteiger partial charge on any atom is 0.257 e. The Morgan fingerprint density at radius 1 is 1.03 bits per heavy atom. The second kappa shape index (κ2) is 9.54. The number of aromatic nitrogens is 2. The van der Waals surface area contributed by atoms with Gasteiger partial charge in [0.25, 0.3) is 5.91 Å². The van der Waals surface area contributed by atoms with Crippen molar-refractivity contribution in [3.8, 4) is 11.5 Å². The molecule has 29 heavy (non-hydrogen) atoms. The minimum absolute atomic E-state index is 0.270. The van der Waals surface area contributed by atoms with E-state index in [1.807, 2.05) is 25.2 Å². The lowest BCUT2D eigenvalue weighted by Gasteiger charge is -2.19. The lowest BCUT2D eigenvalue weighted by molar-refractivity contribution is 0.102. The van der Waals surface area contributed by atoms with Gasteiger partial charge in [0.15, 0.2) is 0 Å². The van der Waals surface area contributed by atoms with Crippen LogP contribution in [0.4, 0.5) is 11.4 Å². The summed E-state index contributed by atoms with van der Waals surface area (Å²) in [4.78, 5) is 23.1. The molecule has 7 heteroatoms. The number of rotatable bonds is 8. The third kappa shape index (κ3) is 5.22. The van der Waals surface area contributed by atoms with E-state index >= 15 is 0 Å². The number of ether oxygens (including phenoxy) is 2. The molecule has 150 valence electrons. The van der Waals surface area contributed by atoms with Crippen LogP contribution in [-0.2, 0) is 6.42 Å². The summed E-state index contributed by atoms with van der Waals surface area (Å²) in [6.07, 6.45) is 7.73. The molecule has 0 saturated heterocycles. The summed E-state index contributed by atoms with van der Waals surface area (Å²) in [5.74, 6) is 0.912.